The molecule has 69 heavy (non-hydrogen) atoms. The molecule has 1 aromatic heterocycles. The number of aromatic nitrogens is 1. The zero-order chi connectivity index (χ0) is 51.0. The summed E-state index contributed by atoms with van der Waals surface area (Å²) in [5.41, 5.74) is 3.66. The first kappa shape index (κ1) is 57.1. The minimum atomic E-state index is -2.28. The minimum Gasteiger partial charge on any atom is -0.481 e. The molecule has 1 heterocycles. The summed E-state index contributed by atoms with van der Waals surface area (Å²) in [5.74, 6) is -21.6. The Morgan fingerprint density at radius 2 is 1.29 bits per heavy atom. The van der Waals surface area contributed by atoms with Crippen molar-refractivity contribution in [2.24, 2.45) is 45.7 Å². The van der Waals surface area contributed by atoms with Crippen molar-refractivity contribution >= 4 is 63.6 Å². The smallest absolute Gasteiger partial charge is 0.308 e. The van der Waals surface area contributed by atoms with Gasteiger partial charge in [-0.3, -0.25) is 28.8 Å². The summed E-state index contributed by atoms with van der Waals surface area (Å²) in [7, 11) is 0. The lowest BCUT2D eigenvalue weighted by molar-refractivity contribution is -0.168. The van der Waals surface area contributed by atoms with Gasteiger partial charge < -0.3 is 36.0 Å². The van der Waals surface area contributed by atoms with E-state index in [0.717, 1.165) is 68.2 Å². The standard InChI is InChI=1S/C51H71N7O10S/c1-7-9-10-11-12-13-14-15-16-20-25-53-46(60)43(41(50(65)66)34(5)48(61)62)44(51(67)68)42(38(49(63)64)30-32(3)36-21-18-17-19-22-36)45(59)54-26-28-58(27-8-2)37-23-24-40(33(4)29-37)55-56-47-39(31-52)35(6)57-69-47/h17-19,21-24,29,32,34,38,41-44H,7-16,20,25-28,30H2,1-6H3,(H,53,60)(H,54,59)(H,61,62)(H,63,64)(H,65,66)(H,67,68). The third-order valence-corrected chi connectivity index (χ3v) is 13.6. The van der Waals surface area contributed by atoms with Gasteiger partial charge in [-0.05, 0) is 79.9 Å². The lowest BCUT2D eigenvalue weighted by atomic mass is 9.65. The number of carboxylic acids is 4. The van der Waals surface area contributed by atoms with Gasteiger partial charge in [0.2, 0.25) is 11.8 Å². The van der Waals surface area contributed by atoms with E-state index in [1.807, 2.05) is 30.9 Å². The second kappa shape index (κ2) is 29.6. The van der Waals surface area contributed by atoms with Crippen LogP contribution in [-0.4, -0.2) is 86.7 Å². The van der Waals surface area contributed by atoms with Crippen molar-refractivity contribution in [3.8, 4) is 6.07 Å². The fourth-order valence-corrected chi connectivity index (χ4v) is 9.50. The largest absolute Gasteiger partial charge is 0.481 e. The third-order valence-electron chi connectivity index (χ3n) is 12.7. The molecule has 0 saturated carbocycles. The Morgan fingerprint density at radius 1 is 0.696 bits per heavy atom. The average molecular weight is 974 g/mol. The summed E-state index contributed by atoms with van der Waals surface area (Å²) in [6.07, 6.45) is 10.4. The van der Waals surface area contributed by atoms with Gasteiger partial charge in [0.1, 0.15) is 11.6 Å². The molecule has 7 unspecified atom stereocenters. The van der Waals surface area contributed by atoms with Crippen molar-refractivity contribution in [2.75, 3.05) is 31.1 Å². The Morgan fingerprint density at radius 3 is 1.84 bits per heavy atom. The van der Waals surface area contributed by atoms with Gasteiger partial charge in [0.05, 0.1) is 46.9 Å². The van der Waals surface area contributed by atoms with E-state index in [1.165, 1.54) is 19.3 Å². The van der Waals surface area contributed by atoms with Gasteiger partial charge in [0, 0.05) is 31.9 Å². The fraction of sp³-hybridized carbons (Fsp3) is 0.569. The first-order chi connectivity index (χ1) is 33.0. The second-order valence-corrected chi connectivity index (χ2v) is 18.6. The summed E-state index contributed by atoms with van der Waals surface area (Å²) in [6, 6.07) is 16.3. The molecule has 0 spiro atoms. The molecule has 6 N–H and O–H groups in total. The van der Waals surface area contributed by atoms with E-state index < -0.39 is 77.1 Å². The Bertz CT molecular complexity index is 2230. The van der Waals surface area contributed by atoms with Crippen LogP contribution in [0.2, 0.25) is 0 Å². The van der Waals surface area contributed by atoms with Crippen molar-refractivity contribution in [2.45, 2.75) is 125 Å². The average Bonchev–Trinajstić information content (AvgIpc) is 3.68. The van der Waals surface area contributed by atoms with E-state index in [-0.39, 0.29) is 26.1 Å². The Hall–Kier alpha value is -6.22. The fourth-order valence-electron chi connectivity index (χ4n) is 8.82. The topological polar surface area (TPSA) is 272 Å². The van der Waals surface area contributed by atoms with E-state index in [4.69, 9.17) is 0 Å². The van der Waals surface area contributed by atoms with E-state index in [9.17, 15) is 54.5 Å². The molecule has 7 atom stereocenters. The summed E-state index contributed by atoms with van der Waals surface area (Å²) < 4.78 is 4.17. The number of carboxylic acid groups (broad SMARTS) is 4. The van der Waals surface area contributed by atoms with Crippen LogP contribution in [0.3, 0.4) is 0 Å². The number of hydrogen-bond acceptors (Lipinski definition) is 12. The number of azo groups is 1. The van der Waals surface area contributed by atoms with E-state index in [2.05, 4.69) is 38.2 Å². The van der Waals surface area contributed by atoms with Gasteiger partial charge in [-0.2, -0.15) is 9.64 Å². The molecule has 3 rings (SSSR count). The van der Waals surface area contributed by atoms with E-state index in [1.54, 1.807) is 50.2 Å². The van der Waals surface area contributed by atoms with Crippen LogP contribution in [-0.2, 0) is 28.8 Å². The van der Waals surface area contributed by atoms with E-state index >= 15 is 0 Å². The molecule has 18 heteroatoms. The number of unbranched alkanes of at least 4 members (excludes halogenated alkanes) is 9. The molecule has 0 radical (unpaired) electrons. The van der Waals surface area contributed by atoms with E-state index in [0.29, 0.717) is 46.9 Å². The number of nitrogens with one attached hydrogen (secondary N) is 2. The van der Waals surface area contributed by atoms with Gasteiger partial charge in [-0.1, -0.05) is 116 Å². The van der Waals surface area contributed by atoms with Crippen LogP contribution in [0.4, 0.5) is 16.4 Å². The molecule has 376 valence electrons. The van der Waals surface area contributed by atoms with Crippen LogP contribution in [0.15, 0.2) is 58.8 Å². The maximum absolute atomic E-state index is 14.7. The molecule has 0 aliphatic carbocycles. The predicted molar refractivity (Wildman–Crippen MR) is 264 cm³/mol. The number of nitrogens with zero attached hydrogens (tertiary/aromatic N) is 5. The molecule has 0 aliphatic rings. The van der Waals surface area contributed by atoms with Crippen LogP contribution in [0.1, 0.15) is 133 Å². The highest BCUT2D eigenvalue weighted by molar-refractivity contribution is 7.10. The maximum atomic E-state index is 14.7. The number of hydrogen-bond donors (Lipinski definition) is 6. The zero-order valence-electron chi connectivity index (χ0n) is 40.9. The Labute approximate surface area is 410 Å². The highest BCUT2D eigenvalue weighted by Gasteiger charge is 2.54. The number of nitriles is 1. The van der Waals surface area contributed by atoms with Gasteiger partial charge in [0.25, 0.3) is 0 Å². The van der Waals surface area contributed by atoms with Gasteiger partial charge in [-0.25, -0.2) is 0 Å². The SMILES string of the molecule is CCCCCCCCCCCCNC(=O)C(C(C(=O)O)C(C)C(=O)O)C(C(=O)O)C(C(=O)NCCN(CCC)c1ccc(N=Nc2snc(C)c2C#N)c(C)c1)C(CC(C)c1ccccc1)C(=O)O. The van der Waals surface area contributed by atoms with Crippen LogP contribution >= 0.6 is 11.5 Å². The molecule has 0 bridgehead atoms. The van der Waals surface area contributed by atoms with Gasteiger partial charge in [-0.15, -0.1) is 10.2 Å². The van der Waals surface area contributed by atoms with Crippen LogP contribution in [0, 0.1) is 60.7 Å². The van der Waals surface area contributed by atoms with Crippen molar-refractivity contribution in [1.29, 1.82) is 5.26 Å². The lowest BCUT2D eigenvalue weighted by Crippen LogP contribution is -2.55. The molecule has 0 aliphatic heterocycles. The number of carbonyl (C=O) groups excluding carboxylic acids is 2. The van der Waals surface area contributed by atoms with Crippen molar-refractivity contribution in [1.82, 2.24) is 15.0 Å². The molecule has 3 aromatic rings. The molecule has 0 saturated heterocycles. The first-order valence-electron chi connectivity index (χ1n) is 24.1. The Kier molecular flexibility index (Phi) is 24.5. The zero-order valence-corrected chi connectivity index (χ0v) is 41.7. The summed E-state index contributed by atoms with van der Waals surface area (Å²) in [5, 5.41) is 66.5. The number of aliphatic carboxylic acids is 4. The lowest BCUT2D eigenvalue weighted by Gasteiger charge is -2.37. The predicted octanol–water partition coefficient (Wildman–Crippen LogP) is 9.67. The molecule has 2 aromatic carbocycles. The summed E-state index contributed by atoms with van der Waals surface area (Å²) >= 11 is 1.07. The molecular weight excluding hydrogens is 903 g/mol. The second-order valence-electron chi connectivity index (χ2n) is 17.9. The van der Waals surface area contributed by atoms with Crippen LogP contribution in [0.25, 0.3) is 0 Å². The monoisotopic (exact) mass is 973 g/mol. The minimum absolute atomic E-state index is 0.0285. The molecule has 2 amide bonds. The number of aryl methyl sites for hydroxylation is 2. The summed E-state index contributed by atoms with van der Waals surface area (Å²) in [4.78, 5) is 83.7. The summed E-state index contributed by atoms with van der Waals surface area (Å²) in [6.45, 7) is 11.1. The highest BCUT2D eigenvalue weighted by Crippen LogP contribution is 2.40. The maximum Gasteiger partial charge on any atom is 0.308 e. The first-order valence-corrected chi connectivity index (χ1v) is 24.9. The molecule has 0 fully saturated rings. The third kappa shape index (κ3) is 17.4. The normalized spacial score (nSPS) is 14.4. The molecular formula is C51H71N7O10S. The number of anilines is 1. The van der Waals surface area contributed by atoms with Crippen LogP contribution < -0.4 is 15.5 Å². The number of carbonyl (C=O) groups is 6. The number of amides is 2. The Balaban J connectivity index is 2.00. The molecule has 17 nitrogen and oxygen atoms in total. The van der Waals surface area contributed by atoms with Crippen molar-refractivity contribution in [3.63, 3.8) is 0 Å². The van der Waals surface area contributed by atoms with Crippen LogP contribution in [0.5, 0.6) is 0 Å². The van der Waals surface area contributed by atoms with Gasteiger partial charge in [0.15, 0.2) is 5.00 Å². The van der Waals surface area contributed by atoms with Crippen molar-refractivity contribution in [3.05, 3.63) is 70.9 Å². The number of rotatable bonds is 33. The highest BCUT2D eigenvalue weighted by atomic mass is 32.1. The van der Waals surface area contributed by atoms with Crippen molar-refractivity contribution < 1.29 is 49.2 Å². The van der Waals surface area contributed by atoms with Gasteiger partial charge >= 0.3 is 23.9 Å². The number of benzene rings is 2. The quantitative estimate of drug-likeness (QED) is 0.0245.